The van der Waals surface area contributed by atoms with E-state index < -0.39 is 0 Å². The summed E-state index contributed by atoms with van der Waals surface area (Å²) in [5.41, 5.74) is 2.99. The summed E-state index contributed by atoms with van der Waals surface area (Å²) in [5, 5.41) is 18.0. The van der Waals surface area contributed by atoms with Gasteiger partial charge in [-0.2, -0.15) is 0 Å². The molecule has 0 unspecified atom stereocenters. The molecule has 0 saturated carbocycles. The van der Waals surface area contributed by atoms with E-state index in [0.29, 0.717) is 44.7 Å². The van der Waals surface area contributed by atoms with Crippen LogP contribution < -0.4 is 0 Å². The second-order valence-electron chi connectivity index (χ2n) is 7.23. The van der Waals surface area contributed by atoms with E-state index in [-0.39, 0.29) is 5.82 Å². The van der Waals surface area contributed by atoms with E-state index in [2.05, 4.69) is 20.4 Å². The van der Waals surface area contributed by atoms with E-state index in [1.807, 2.05) is 54.0 Å². The lowest BCUT2D eigenvalue weighted by molar-refractivity contribution is 0.528. The number of halogens is 2. The first-order chi connectivity index (χ1) is 16.1. The van der Waals surface area contributed by atoms with Crippen molar-refractivity contribution in [1.82, 2.24) is 25.0 Å². The fraction of sp³-hybridized carbons (Fsp3) is 0.0833. The Balaban J connectivity index is 1.47. The number of aromatic nitrogens is 5. The average molecular weight is 478 g/mol. The number of rotatable bonds is 6. The first kappa shape index (κ1) is 21.4. The smallest absolute Gasteiger partial charge is 0.249 e. The molecule has 6 nitrogen and oxygen atoms in total. The molecule has 9 heteroatoms. The van der Waals surface area contributed by atoms with Crippen molar-refractivity contribution < 1.29 is 8.81 Å². The molecule has 2 heterocycles. The number of benzene rings is 3. The van der Waals surface area contributed by atoms with E-state index >= 15 is 0 Å². The molecule has 0 N–H and O–H groups in total. The van der Waals surface area contributed by atoms with Crippen LogP contribution in [0, 0.1) is 12.7 Å². The van der Waals surface area contributed by atoms with Gasteiger partial charge in [0, 0.05) is 5.69 Å². The molecule has 0 atom stereocenters. The highest BCUT2D eigenvalue weighted by molar-refractivity contribution is 7.98. The maximum Gasteiger partial charge on any atom is 0.249 e. The Morgan fingerprint density at radius 3 is 2.36 bits per heavy atom. The van der Waals surface area contributed by atoms with E-state index in [1.165, 1.54) is 17.8 Å². The van der Waals surface area contributed by atoms with E-state index in [1.54, 1.807) is 24.3 Å². The Labute approximate surface area is 198 Å². The number of nitrogens with zero attached hydrogens (tertiary/aromatic N) is 5. The molecule has 33 heavy (non-hydrogen) atoms. The van der Waals surface area contributed by atoms with Crippen molar-refractivity contribution in [1.29, 1.82) is 0 Å². The molecule has 0 spiro atoms. The summed E-state index contributed by atoms with van der Waals surface area (Å²) in [7, 11) is 0. The van der Waals surface area contributed by atoms with E-state index in [9.17, 15) is 4.39 Å². The minimum Gasteiger partial charge on any atom is -0.420 e. The Morgan fingerprint density at radius 1 is 0.879 bits per heavy atom. The minimum absolute atomic E-state index is 0.350. The zero-order valence-electron chi connectivity index (χ0n) is 17.4. The molecule has 2 aromatic heterocycles. The Morgan fingerprint density at radius 2 is 1.61 bits per heavy atom. The van der Waals surface area contributed by atoms with Crippen LogP contribution in [0.15, 0.2) is 82.4 Å². The highest BCUT2D eigenvalue weighted by Gasteiger charge is 2.20. The molecule has 0 aliphatic carbocycles. The average Bonchev–Trinajstić information content (AvgIpc) is 3.46. The predicted octanol–water partition coefficient (Wildman–Crippen LogP) is 6.38. The largest absolute Gasteiger partial charge is 0.420 e. The lowest BCUT2D eigenvalue weighted by Gasteiger charge is -2.10. The van der Waals surface area contributed by atoms with Gasteiger partial charge >= 0.3 is 0 Å². The van der Waals surface area contributed by atoms with Crippen LogP contribution in [0.1, 0.15) is 11.5 Å². The van der Waals surface area contributed by atoms with Crippen molar-refractivity contribution in [3.8, 4) is 28.5 Å². The van der Waals surface area contributed by atoms with Gasteiger partial charge in [-0.1, -0.05) is 65.3 Å². The van der Waals surface area contributed by atoms with E-state index in [4.69, 9.17) is 16.0 Å². The van der Waals surface area contributed by atoms with Crippen molar-refractivity contribution in [2.45, 2.75) is 17.8 Å². The summed E-state index contributed by atoms with van der Waals surface area (Å²) < 4.78 is 22.2. The van der Waals surface area contributed by atoms with Crippen molar-refractivity contribution in [2.75, 3.05) is 0 Å². The molecule has 0 aliphatic heterocycles. The van der Waals surface area contributed by atoms with Gasteiger partial charge in [-0.15, -0.1) is 20.4 Å². The SMILES string of the molecule is Cc1ccc(-n2c(SCc3nnc(-c4ccccc4Cl)o3)nnc2-c2ccccc2F)cc1. The van der Waals surface area contributed by atoms with Gasteiger partial charge in [0.1, 0.15) is 5.82 Å². The lowest BCUT2D eigenvalue weighted by Crippen LogP contribution is -2.01. The Bertz CT molecular complexity index is 1420. The maximum atomic E-state index is 14.6. The Hall–Kier alpha value is -3.49. The molecular formula is C24H17ClFN5OS. The molecule has 0 aliphatic rings. The van der Waals surface area contributed by atoms with Crippen LogP contribution in [0.4, 0.5) is 4.39 Å². The van der Waals surface area contributed by atoms with Gasteiger partial charge in [0.2, 0.25) is 11.8 Å². The maximum absolute atomic E-state index is 14.6. The topological polar surface area (TPSA) is 69.6 Å². The van der Waals surface area contributed by atoms with Crippen LogP contribution in [-0.4, -0.2) is 25.0 Å². The fourth-order valence-electron chi connectivity index (χ4n) is 3.29. The summed E-state index contributed by atoms with van der Waals surface area (Å²) in [6, 6.07) is 21.7. The third-order valence-corrected chi connectivity index (χ3v) is 6.18. The van der Waals surface area contributed by atoms with Gasteiger partial charge in [0.05, 0.1) is 21.9 Å². The van der Waals surface area contributed by atoms with E-state index in [0.717, 1.165) is 11.3 Å². The summed E-state index contributed by atoms with van der Waals surface area (Å²) >= 11 is 7.60. The van der Waals surface area contributed by atoms with Crippen LogP contribution >= 0.6 is 23.4 Å². The normalized spacial score (nSPS) is 11.1. The summed E-state index contributed by atoms with van der Waals surface area (Å²) in [6.45, 7) is 2.01. The zero-order chi connectivity index (χ0) is 22.8. The number of thioether (sulfide) groups is 1. The van der Waals surface area contributed by atoms with Gasteiger partial charge in [0.25, 0.3) is 0 Å². The molecule has 0 radical (unpaired) electrons. The molecule has 3 aromatic carbocycles. The molecule has 5 aromatic rings. The van der Waals surface area contributed by atoms with Crippen LogP contribution in [0.2, 0.25) is 5.02 Å². The van der Waals surface area contributed by atoms with Crippen molar-refractivity contribution >= 4 is 23.4 Å². The molecule has 164 valence electrons. The quantitative estimate of drug-likeness (QED) is 0.264. The van der Waals surface area contributed by atoms with Crippen LogP contribution in [0.25, 0.3) is 28.5 Å². The standard InChI is InChI=1S/C24H17ClFN5OS/c1-15-10-12-16(13-11-15)31-22(18-7-3-5-9-20(18)26)28-30-24(31)33-14-21-27-29-23(32-21)17-6-2-4-8-19(17)25/h2-13H,14H2,1H3. The van der Waals surface area contributed by atoms with Crippen molar-refractivity contribution in [3.63, 3.8) is 0 Å². The predicted molar refractivity (Wildman–Crippen MR) is 126 cm³/mol. The zero-order valence-corrected chi connectivity index (χ0v) is 19.0. The number of hydrogen-bond donors (Lipinski definition) is 0. The fourth-order valence-corrected chi connectivity index (χ4v) is 4.29. The van der Waals surface area contributed by atoms with Gasteiger partial charge < -0.3 is 4.42 Å². The monoisotopic (exact) mass is 477 g/mol. The third kappa shape index (κ3) is 4.40. The van der Waals surface area contributed by atoms with Crippen LogP contribution in [0.3, 0.4) is 0 Å². The highest BCUT2D eigenvalue weighted by Crippen LogP contribution is 2.32. The van der Waals surface area contributed by atoms with Gasteiger partial charge in [-0.05, 0) is 43.3 Å². The molecule has 0 saturated heterocycles. The third-order valence-electron chi connectivity index (χ3n) is 4.94. The summed E-state index contributed by atoms with van der Waals surface area (Å²) in [4.78, 5) is 0. The molecule has 0 bridgehead atoms. The highest BCUT2D eigenvalue weighted by atomic mass is 35.5. The summed E-state index contributed by atoms with van der Waals surface area (Å²) in [6.07, 6.45) is 0. The number of aryl methyl sites for hydroxylation is 1. The molecule has 5 rings (SSSR count). The summed E-state index contributed by atoms with van der Waals surface area (Å²) in [5.74, 6) is 1.18. The number of hydrogen-bond acceptors (Lipinski definition) is 6. The Kier molecular flexibility index (Phi) is 5.93. The van der Waals surface area contributed by atoms with Gasteiger partial charge in [-0.25, -0.2) is 4.39 Å². The van der Waals surface area contributed by atoms with Crippen molar-refractivity contribution in [2.24, 2.45) is 0 Å². The van der Waals surface area contributed by atoms with Gasteiger partial charge in [-0.3, -0.25) is 4.57 Å². The van der Waals surface area contributed by atoms with Crippen LogP contribution in [0.5, 0.6) is 0 Å². The first-order valence-electron chi connectivity index (χ1n) is 10.1. The second kappa shape index (κ2) is 9.17. The van der Waals surface area contributed by atoms with Crippen LogP contribution in [-0.2, 0) is 5.75 Å². The minimum atomic E-state index is -0.365. The molecule has 0 amide bonds. The van der Waals surface area contributed by atoms with Crippen molar-refractivity contribution in [3.05, 3.63) is 95.1 Å². The lowest BCUT2D eigenvalue weighted by atomic mass is 10.2. The second-order valence-corrected chi connectivity index (χ2v) is 8.58. The molecule has 0 fully saturated rings. The van der Waals surface area contributed by atoms with Gasteiger partial charge in [0.15, 0.2) is 11.0 Å². The first-order valence-corrected chi connectivity index (χ1v) is 11.4. The molecular weight excluding hydrogens is 461 g/mol.